The Kier molecular flexibility index (Phi) is 7.09. The summed E-state index contributed by atoms with van der Waals surface area (Å²) < 4.78 is 63.5. The summed E-state index contributed by atoms with van der Waals surface area (Å²) in [4.78, 5) is 6.77. The van der Waals surface area contributed by atoms with Crippen LogP contribution in [0.1, 0.15) is 37.3 Å². The molecule has 36 heavy (non-hydrogen) atoms. The Labute approximate surface area is 211 Å². The third-order valence-corrected chi connectivity index (χ3v) is 9.23. The molecular formula is C27H34F3N3O2S. The molecule has 3 aliphatic heterocycles. The van der Waals surface area contributed by atoms with Crippen LogP contribution in [0.5, 0.6) is 0 Å². The predicted molar refractivity (Wildman–Crippen MR) is 135 cm³/mol. The maximum absolute atomic E-state index is 13.1. The summed E-state index contributed by atoms with van der Waals surface area (Å²) in [6, 6.07) is 17.7. The molecule has 0 radical (unpaired) electrons. The molecule has 0 amide bonds. The number of halogens is 3. The van der Waals surface area contributed by atoms with Crippen molar-refractivity contribution >= 4 is 15.5 Å². The van der Waals surface area contributed by atoms with Gasteiger partial charge in [-0.15, -0.1) is 0 Å². The highest BCUT2D eigenvalue weighted by atomic mass is 32.2. The van der Waals surface area contributed by atoms with Crippen LogP contribution in [-0.2, 0) is 9.84 Å². The summed E-state index contributed by atoms with van der Waals surface area (Å²) in [7, 11) is -3.29. The Hall–Kier alpha value is -2.10. The van der Waals surface area contributed by atoms with Crippen LogP contribution in [0, 0.1) is 5.92 Å². The lowest BCUT2D eigenvalue weighted by atomic mass is 9.89. The van der Waals surface area contributed by atoms with Crippen molar-refractivity contribution in [3.63, 3.8) is 0 Å². The van der Waals surface area contributed by atoms with E-state index in [1.54, 1.807) is 23.1 Å². The van der Waals surface area contributed by atoms with E-state index in [1.807, 2.05) is 24.3 Å². The zero-order valence-electron chi connectivity index (χ0n) is 20.6. The molecule has 0 aromatic heterocycles. The summed E-state index contributed by atoms with van der Waals surface area (Å²) in [5.74, 6) is 0.387. The standard InChI is InChI=1S/C27H34F3N3O2S/c1-36(34,35)25-9-5-8-22(16-25)31-12-13-32(26(18-31)21-6-3-2-4-7-21)17-20-14-23-10-11-24(15-20)33(23)19-27(28,29)30/h2-9,16,20,23-24,26H,10-15,17-19H2,1H3/t20-,23+,24-,26-/m0/s1. The van der Waals surface area contributed by atoms with E-state index in [1.165, 1.54) is 11.8 Å². The Balaban J connectivity index is 1.32. The molecule has 3 heterocycles. The van der Waals surface area contributed by atoms with Gasteiger partial charge in [0, 0.05) is 50.2 Å². The van der Waals surface area contributed by atoms with Crippen LogP contribution in [0.4, 0.5) is 18.9 Å². The number of nitrogens with zero attached hydrogens (tertiary/aromatic N) is 3. The number of piperazine rings is 1. The second-order valence-electron chi connectivity index (χ2n) is 10.6. The molecule has 0 saturated carbocycles. The minimum Gasteiger partial charge on any atom is -0.368 e. The number of rotatable bonds is 6. The lowest BCUT2D eigenvalue weighted by Crippen LogP contribution is -2.52. The maximum atomic E-state index is 13.1. The number of hydrogen-bond acceptors (Lipinski definition) is 5. The van der Waals surface area contributed by atoms with Gasteiger partial charge in [-0.1, -0.05) is 36.4 Å². The molecular weight excluding hydrogens is 487 g/mol. The Morgan fingerprint density at radius 3 is 2.28 bits per heavy atom. The van der Waals surface area contributed by atoms with Crippen molar-refractivity contribution < 1.29 is 21.6 Å². The molecule has 3 saturated heterocycles. The average molecular weight is 522 g/mol. The molecule has 3 aliphatic rings. The van der Waals surface area contributed by atoms with Crippen molar-refractivity contribution in [1.82, 2.24) is 9.80 Å². The first kappa shape index (κ1) is 25.5. The van der Waals surface area contributed by atoms with E-state index in [0.717, 1.165) is 57.5 Å². The van der Waals surface area contributed by atoms with Gasteiger partial charge in [0.1, 0.15) is 0 Å². The van der Waals surface area contributed by atoms with Crippen molar-refractivity contribution in [2.45, 2.75) is 54.9 Å². The SMILES string of the molecule is CS(=O)(=O)c1cccc(N2CCN(C[C@H]3C[C@H]4CC[C@@H](C3)N4CC(F)(F)F)[C@H](c3ccccc3)C2)c1. The van der Waals surface area contributed by atoms with E-state index in [2.05, 4.69) is 21.9 Å². The Bertz CT molecular complexity index is 1140. The number of alkyl halides is 3. The van der Waals surface area contributed by atoms with Crippen LogP contribution in [0.15, 0.2) is 59.5 Å². The molecule has 2 aromatic carbocycles. The molecule has 0 unspecified atom stereocenters. The van der Waals surface area contributed by atoms with Crippen molar-refractivity contribution in [2.24, 2.45) is 5.92 Å². The van der Waals surface area contributed by atoms with Crippen molar-refractivity contribution in [1.29, 1.82) is 0 Å². The summed E-state index contributed by atoms with van der Waals surface area (Å²) in [5.41, 5.74) is 2.11. The van der Waals surface area contributed by atoms with Gasteiger partial charge in [0.15, 0.2) is 9.84 Å². The molecule has 2 aromatic rings. The second kappa shape index (κ2) is 9.99. The van der Waals surface area contributed by atoms with Gasteiger partial charge in [-0.2, -0.15) is 13.2 Å². The van der Waals surface area contributed by atoms with E-state index in [-0.39, 0.29) is 18.1 Å². The molecule has 3 fully saturated rings. The number of sulfone groups is 1. The van der Waals surface area contributed by atoms with Gasteiger partial charge < -0.3 is 4.90 Å². The van der Waals surface area contributed by atoms with Crippen molar-refractivity contribution in [3.05, 3.63) is 60.2 Å². The summed E-state index contributed by atoms with van der Waals surface area (Å²) >= 11 is 0. The predicted octanol–water partition coefficient (Wildman–Crippen LogP) is 4.76. The molecule has 0 N–H and O–H groups in total. The topological polar surface area (TPSA) is 43.9 Å². The van der Waals surface area contributed by atoms with Crippen LogP contribution in [0.3, 0.4) is 0 Å². The van der Waals surface area contributed by atoms with Crippen LogP contribution in [0.2, 0.25) is 0 Å². The fourth-order valence-electron chi connectivity index (χ4n) is 6.51. The lowest BCUT2D eigenvalue weighted by Gasteiger charge is -2.46. The summed E-state index contributed by atoms with van der Waals surface area (Å²) in [6.07, 6.45) is 0.462. The fraction of sp³-hybridized carbons (Fsp3) is 0.556. The number of benzene rings is 2. The average Bonchev–Trinajstić information content (AvgIpc) is 3.05. The van der Waals surface area contributed by atoms with Gasteiger partial charge in [-0.3, -0.25) is 9.80 Å². The number of anilines is 1. The molecule has 0 aliphatic carbocycles. The third kappa shape index (κ3) is 5.73. The number of hydrogen-bond donors (Lipinski definition) is 0. The van der Waals surface area contributed by atoms with Gasteiger partial charge in [0.2, 0.25) is 0 Å². The van der Waals surface area contributed by atoms with E-state index < -0.39 is 22.6 Å². The highest BCUT2D eigenvalue weighted by Gasteiger charge is 2.46. The molecule has 5 rings (SSSR count). The van der Waals surface area contributed by atoms with Gasteiger partial charge in [-0.25, -0.2) is 8.42 Å². The molecule has 9 heteroatoms. The van der Waals surface area contributed by atoms with Crippen LogP contribution >= 0.6 is 0 Å². The lowest BCUT2D eigenvalue weighted by molar-refractivity contribution is -0.157. The third-order valence-electron chi connectivity index (χ3n) is 8.12. The van der Waals surface area contributed by atoms with Gasteiger partial charge >= 0.3 is 6.18 Å². The Morgan fingerprint density at radius 1 is 0.944 bits per heavy atom. The van der Waals surface area contributed by atoms with E-state index in [0.29, 0.717) is 10.8 Å². The van der Waals surface area contributed by atoms with Gasteiger partial charge in [-0.05, 0) is 55.4 Å². The first-order valence-corrected chi connectivity index (χ1v) is 14.6. The van der Waals surface area contributed by atoms with E-state index in [4.69, 9.17) is 0 Å². The zero-order chi connectivity index (χ0) is 25.5. The normalized spacial score (nSPS) is 27.9. The van der Waals surface area contributed by atoms with E-state index in [9.17, 15) is 21.6 Å². The smallest absolute Gasteiger partial charge is 0.368 e. The van der Waals surface area contributed by atoms with Crippen molar-refractivity contribution in [2.75, 3.05) is 43.9 Å². The summed E-state index contributed by atoms with van der Waals surface area (Å²) in [5, 5.41) is 0. The maximum Gasteiger partial charge on any atom is 0.401 e. The summed E-state index contributed by atoms with van der Waals surface area (Å²) in [6.45, 7) is 2.42. The van der Waals surface area contributed by atoms with Crippen LogP contribution in [0.25, 0.3) is 0 Å². The largest absolute Gasteiger partial charge is 0.401 e. The number of fused-ring (bicyclic) bond motifs is 2. The second-order valence-corrected chi connectivity index (χ2v) is 12.7. The minimum atomic E-state index is -4.14. The molecule has 0 spiro atoms. The van der Waals surface area contributed by atoms with E-state index >= 15 is 0 Å². The highest BCUT2D eigenvalue weighted by molar-refractivity contribution is 7.90. The monoisotopic (exact) mass is 521 g/mol. The molecule has 2 bridgehead atoms. The minimum absolute atomic E-state index is 0.0329. The molecule has 4 atom stereocenters. The Morgan fingerprint density at radius 2 is 1.64 bits per heavy atom. The first-order chi connectivity index (χ1) is 17.1. The van der Waals surface area contributed by atoms with Crippen LogP contribution in [-0.4, -0.2) is 75.5 Å². The van der Waals surface area contributed by atoms with Gasteiger partial charge in [0.05, 0.1) is 17.5 Å². The first-order valence-electron chi connectivity index (χ1n) is 12.7. The number of piperidine rings is 1. The van der Waals surface area contributed by atoms with Crippen molar-refractivity contribution in [3.8, 4) is 0 Å². The van der Waals surface area contributed by atoms with Crippen LogP contribution < -0.4 is 4.90 Å². The molecule has 196 valence electrons. The molecule has 5 nitrogen and oxygen atoms in total. The highest BCUT2D eigenvalue weighted by Crippen LogP contribution is 2.41. The van der Waals surface area contributed by atoms with Gasteiger partial charge in [0.25, 0.3) is 0 Å². The zero-order valence-corrected chi connectivity index (χ0v) is 21.4. The quantitative estimate of drug-likeness (QED) is 0.549. The fourth-order valence-corrected chi connectivity index (χ4v) is 7.17.